The van der Waals surface area contributed by atoms with E-state index in [1.165, 1.54) is 21.8 Å². The van der Waals surface area contributed by atoms with Crippen LogP contribution in [0.15, 0.2) is 53.9 Å². The number of benzene rings is 1. The maximum absolute atomic E-state index is 13.3. The van der Waals surface area contributed by atoms with Crippen LogP contribution in [0.25, 0.3) is 10.2 Å². The van der Waals surface area contributed by atoms with Crippen molar-refractivity contribution >= 4 is 38.4 Å². The molecule has 1 amide bonds. The van der Waals surface area contributed by atoms with Crippen molar-refractivity contribution in [2.45, 2.75) is 53.0 Å². The molecule has 0 saturated carbocycles. The third-order valence-corrected chi connectivity index (χ3v) is 6.57. The molecule has 32 heavy (non-hydrogen) atoms. The van der Waals surface area contributed by atoms with E-state index in [1.807, 2.05) is 12.1 Å². The van der Waals surface area contributed by atoms with Crippen molar-refractivity contribution < 1.29 is 14.7 Å². The van der Waals surface area contributed by atoms with Gasteiger partial charge in [-0.15, -0.1) is 0 Å². The van der Waals surface area contributed by atoms with Crippen molar-refractivity contribution in [3.63, 3.8) is 0 Å². The Kier molecular flexibility index (Phi) is 5.20. The highest BCUT2D eigenvalue weighted by Gasteiger charge is 2.48. The molecule has 0 saturated heterocycles. The Bertz CT molecular complexity index is 1250. The predicted molar refractivity (Wildman–Crippen MR) is 127 cm³/mol. The first-order valence-corrected chi connectivity index (χ1v) is 11.3. The van der Waals surface area contributed by atoms with Crippen LogP contribution in [0.5, 0.6) is 0 Å². The van der Waals surface area contributed by atoms with Crippen LogP contribution in [0.3, 0.4) is 0 Å². The SMILES string of the molecule is CC(C)(C)C(=O)C1=C(O)C(=O)N(c2nc3ccc(C(C)(C)C)cc3s2)C1c1ccccn1. The van der Waals surface area contributed by atoms with Gasteiger partial charge in [-0.05, 0) is 35.2 Å². The van der Waals surface area contributed by atoms with Crippen LogP contribution in [-0.2, 0) is 15.0 Å². The molecule has 7 heteroatoms. The Hall–Kier alpha value is -3.06. The number of hydrogen-bond acceptors (Lipinski definition) is 6. The van der Waals surface area contributed by atoms with Crippen molar-refractivity contribution in [1.29, 1.82) is 0 Å². The Morgan fingerprint density at radius 3 is 2.41 bits per heavy atom. The smallest absolute Gasteiger partial charge is 0.296 e. The van der Waals surface area contributed by atoms with Crippen LogP contribution in [-0.4, -0.2) is 26.8 Å². The monoisotopic (exact) mass is 449 g/mol. The second-order valence-electron chi connectivity index (χ2n) is 10.1. The molecule has 1 aromatic carbocycles. The lowest BCUT2D eigenvalue weighted by Gasteiger charge is -2.26. The predicted octanol–water partition coefficient (Wildman–Crippen LogP) is 5.50. The lowest BCUT2D eigenvalue weighted by molar-refractivity contribution is -0.123. The number of anilines is 1. The van der Waals surface area contributed by atoms with Crippen molar-refractivity contribution in [2.75, 3.05) is 4.90 Å². The van der Waals surface area contributed by atoms with Gasteiger partial charge in [-0.3, -0.25) is 19.5 Å². The Morgan fingerprint density at radius 2 is 1.81 bits per heavy atom. The summed E-state index contributed by atoms with van der Waals surface area (Å²) in [6.45, 7) is 11.7. The highest BCUT2D eigenvalue weighted by Crippen LogP contribution is 2.45. The molecule has 0 bridgehead atoms. The summed E-state index contributed by atoms with van der Waals surface area (Å²) in [6.07, 6.45) is 1.61. The van der Waals surface area contributed by atoms with Gasteiger partial charge >= 0.3 is 0 Å². The summed E-state index contributed by atoms with van der Waals surface area (Å²) in [5, 5.41) is 11.2. The molecule has 3 heterocycles. The quantitative estimate of drug-likeness (QED) is 0.570. The Labute approximate surface area is 191 Å². The van der Waals surface area contributed by atoms with Crippen LogP contribution in [0.1, 0.15) is 58.8 Å². The van der Waals surface area contributed by atoms with Crippen LogP contribution in [0.2, 0.25) is 0 Å². The fourth-order valence-electron chi connectivity index (χ4n) is 3.74. The summed E-state index contributed by atoms with van der Waals surface area (Å²) in [5.74, 6) is -1.46. The molecule has 1 aliphatic heterocycles. The largest absolute Gasteiger partial charge is 0.503 e. The first-order chi connectivity index (χ1) is 14.9. The van der Waals surface area contributed by atoms with E-state index in [2.05, 4.69) is 36.8 Å². The van der Waals surface area contributed by atoms with E-state index in [0.29, 0.717) is 10.8 Å². The first kappa shape index (κ1) is 22.1. The molecule has 1 aliphatic rings. The molecule has 6 nitrogen and oxygen atoms in total. The molecule has 1 unspecified atom stereocenters. The van der Waals surface area contributed by atoms with E-state index < -0.39 is 23.1 Å². The van der Waals surface area contributed by atoms with Gasteiger partial charge in [-0.2, -0.15) is 0 Å². The van der Waals surface area contributed by atoms with Gasteiger partial charge in [0.15, 0.2) is 16.7 Å². The van der Waals surface area contributed by atoms with Gasteiger partial charge < -0.3 is 5.11 Å². The number of aliphatic hydroxyl groups is 1. The minimum atomic E-state index is -0.835. The number of aromatic nitrogens is 2. The third kappa shape index (κ3) is 3.71. The zero-order valence-corrected chi connectivity index (χ0v) is 19.9. The number of Topliss-reactive ketones (excluding diaryl/α,β-unsaturated/α-hetero) is 1. The van der Waals surface area contributed by atoms with E-state index in [9.17, 15) is 14.7 Å². The van der Waals surface area contributed by atoms with E-state index in [0.717, 1.165) is 10.2 Å². The maximum Gasteiger partial charge on any atom is 0.296 e. The molecule has 4 rings (SSSR count). The maximum atomic E-state index is 13.3. The van der Waals surface area contributed by atoms with E-state index in [1.54, 1.807) is 45.2 Å². The summed E-state index contributed by atoms with van der Waals surface area (Å²) in [6, 6.07) is 10.6. The molecular weight excluding hydrogens is 422 g/mol. The summed E-state index contributed by atoms with van der Waals surface area (Å²) in [5.41, 5.74) is 1.70. The van der Waals surface area contributed by atoms with Gasteiger partial charge in [0.1, 0.15) is 6.04 Å². The number of fused-ring (bicyclic) bond motifs is 1. The molecule has 1 atom stereocenters. The normalized spacial score (nSPS) is 17.5. The van der Waals surface area contributed by atoms with Gasteiger partial charge in [0.2, 0.25) is 0 Å². The summed E-state index contributed by atoms with van der Waals surface area (Å²) in [7, 11) is 0. The average molecular weight is 450 g/mol. The lowest BCUT2D eigenvalue weighted by Crippen LogP contribution is -2.33. The molecule has 3 aromatic rings. The van der Waals surface area contributed by atoms with Crippen LogP contribution in [0.4, 0.5) is 5.13 Å². The molecule has 166 valence electrons. The van der Waals surface area contributed by atoms with E-state index in [4.69, 9.17) is 0 Å². The van der Waals surface area contributed by atoms with Crippen molar-refractivity contribution in [3.8, 4) is 0 Å². The van der Waals surface area contributed by atoms with Gasteiger partial charge in [-0.25, -0.2) is 4.98 Å². The average Bonchev–Trinajstić information content (AvgIpc) is 3.25. The zero-order valence-electron chi connectivity index (χ0n) is 19.1. The molecule has 2 aromatic heterocycles. The molecular formula is C25H27N3O3S. The fraction of sp³-hybridized carbons (Fsp3) is 0.360. The number of amides is 1. The summed E-state index contributed by atoms with van der Waals surface area (Å²) in [4.78, 5) is 37.0. The second kappa shape index (κ2) is 7.52. The minimum absolute atomic E-state index is 0.0234. The van der Waals surface area contributed by atoms with Gasteiger partial charge in [0, 0.05) is 11.6 Å². The number of rotatable bonds is 3. The van der Waals surface area contributed by atoms with Crippen LogP contribution in [0, 0.1) is 5.41 Å². The molecule has 1 N–H and O–H groups in total. The standard InChI is InChI=1S/C25H27N3O3S/c1-24(2,3)14-10-11-15-17(13-14)32-23(27-15)28-19(16-9-7-8-12-26-16)18(20(29)22(28)31)21(30)25(4,5)6/h7-13,19,29H,1-6H3. The number of pyridine rings is 1. The number of carbonyl (C=O) groups is 2. The molecule has 0 radical (unpaired) electrons. The minimum Gasteiger partial charge on any atom is -0.503 e. The van der Waals surface area contributed by atoms with Crippen molar-refractivity contribution in [2.24, 2.45) is 5.41 Å². The number of carbonyl (C=O) groups excluding carboxylic acids is 2. The van der Waals surface area contributed by atoms with Gasteiger partial charge in [0.05, 0.1) is 21.5 Å². The third-order valence-electron chi connectivity index (χ3n) is 5.55. The highest BCUT2D eigenvalue weighted by molar-refractivity contribution is 7.22. The van der Waals surface area contributed by atoms with Crippen LogP contribution < -0.4 is 4.90 Å². The first-order valence-electron chi connectivity index (χ1n) is 10.5. The molecule has 0 spiro atoms. The number of nitrogens with zero attached hydrogens (tertiary/aromatic N) is 3. The molecule has 0 aliphatic carbocycles. The summed E-state index contributed by atoms with van der Waals surface area (Å²) >= 11 is 1.37. The van der Waals surface area contributed by atoms with Crippen molar-refractivity contribution in [1.82, 2.24) is 9.97 Å². The zero-order chi connectivity index (χ0) is 23.4. The molecule has 0 fully saturated rings. The lowest BCUT2D eigenvalue weighted by atomic mass is 9.83. The topological polar surface area (TPSA) is 83.4 Å². The van der Waals surface area contributed by atoms with Crippen molar-refractivity contribution in [3.05, 3.63) is 65.2 Å². The highest BCUT2D eigenvalue weighted by atomic mass is 32.1. The van der Waals surface area contributed by atoms with E-state index >= 15 is 0 Å². The number of aliphatic hydroxyl groups excluding tert-OH is 1. The second-order valence-corrected chi connectivity index (χ2v) is 11.1. The van der Waals surface area contributed by atoms with Gasteiger partial charge in [-0.1, -0.05) is 65.0 Å². The van der Waals surface area contributed by atoms with Gasteiger partial charge in [0.25, 0.3) is 5.91 Å². The Balaban J connectivity index is 1.88. The van der Waals surface area contributed by atoms with E-state index in [-0.39, 0.29) is 16.8 Å². The number of hydrogen-bond donors (Lipinski definition) is 1. The number of thiazole rings is 1. The Morgan fingerprint density at radius 1 is 1.09 bits per heavy atom. The van der Waals surface area contributed by atoms with Crippen LogP contribution >= 0.6 is 11.3 Å². The number of ketones is 1. The summed E-state index contributed by atoms with van der Waals surface area (Å²) < 4.78 is 0.940. The fourth-order valence-corrected chi connectivity index (χ4v) is 4.77.